The van der Waals surface area contributed by atoms with Crippen molar-refractivity contribution in [2.24, 2.45) is 5.92 Å². The van der Waals surface area contributed by atoms with Gasteiger partial charge in [0.15, 0.2) is 11.5 Å². The van der Waals surface area contributed by atoms with Crippen molar-refractivity contribution in [3.63, 3.8) is 0 Å². The Hall–Kier alpha value is -2.46. The summed E-state index contributed by atoms with van der Waals surface area (Å²) in [6, 6.07) is 3.53. The molecule has 3 heterocycles. The van der Waals surface area contributed by atoms with Crippen molar-refractivity contribution in [1.82, 2.24) is 30.2 Å². The van der Waals surface area contributed by atoms with Crippen LogP contribution in [-0.4, -0.2) is 68.4 Å². The first kappa shape index (κ1) is 17.4. The molecule has 11 heteroatoms. The first-order valence-corrected chi connectivity index (χ1v) is 8.03. The molecule has 2 aromatic rings. The Morgan fingerprint density at radius 2 is 2.04 bits per heavy atom. The molecular weight excluding hydrogens is 339 g/mol. The zero-order valence-electron chi connectivity index (χ0n) is 13.6. The summed E-state index contributed by atoms with van der Waals surface area (Å²) in [4.78, 5) is 15.2. The van der Waals surface area contributed by atoms with E-state index in [4.69, 9.17) is 0 Å². The number of fused-ring (bicyclic) bond motifs is 1. The van der Waals surface area contributed by atoms with E-state index >= 15 is 0 Å². The van der Waals surface area contributed by atoms with Gasteiger partial charge in [0, 0.05) is 25.6 Å². The highest BCUT2D eigenvalue weighted by molar-refractivity contribution is 5.79. The number of rotatable bonds is 4. The fourth-order valence-electron chi connectivity index (χ4n) is 2.98. The van der Waals surface area contributed by atoms with Crippen LogP contribution in [0.25, 0.3) is 5.65 Å². The van der Waals surface area contributed by atoms with Crippen molar-refractivity contribution in [1.29, 1.82) is 0 Å². The lowest BCUT2D eigenvalue weighted by Crippen LogP contribution is -2.45. The number of aromatic nitrogens is 5. The normalized spacial score (nSPS) is 16.4. The van der Waals surface area contributed by atoms with Crippen LogP contribution in [0.2, 0.25) is 0 Å². The van der Waals surface area contributed by atoms with E-state index in [1.807, 2.05) is 4.90 Å². The summed E-state index contributed by atoms with van der Waals surface area (Å²) in [5.74, 6) is -0.146. The quantitative estimate of drug-likeness (QED) is 0.817. The largest absolute Gasteiger partial charge is 0.406 e. The SMILES string of the molecule is CCN(CC(F)(F)F)C(=O)C1CCN(c2ccc3nnnn3n2)CC1. The van der Waals surface area contributed by atoms with Crippen LogP contribution in [0.3, 0.4) is 0 Å². The Kier molecular flexibility index (Phi) is 4.73. The molecule has 0 saturated carbocycles. The lowest BCUT2D eigenvalue weighted by Gasteiger charge is -2.34. The maximum atomic E-state index is 12.6. The van der Waals surface area contributed by atoms with Crippen LogP contribution in [-0.2, 0) is 4.79 Å². The first-order chi connectivity index (χ1) is 11.9. The minimum Gasteiger partial charge on any atom is -0.355 e. The summed E-state index contributed by atoms with van der Waals surface area (Å²) in [5, 5.41) is 15.3. The number of alkyl halides is 3. The van der Waals surface area contributed by atoms with Crippen LogP contribution in [0.5, 0.6) is 0 Å². The highest BCUT2D eigenvalue weighted by Crippen LogP contribution is 2.25. The number of hydrogen-bond acceptors (Lipinski definition) is 6. The standard InChI is InChI=1S/C14H18F3N7O/c1-2-22(9-14(15,16)17)13(25)10-5-7-23(8-6-10)12-4-3-11-18-20-21-24(11)19-12/h3-4,10H,2,5-9H2,1H3. The molecule has 3 rings (SSSR count). The highest BCUT2D eigenvalue weighted by atomic mass is 19.4. The molecule has 8 nitrogen and oxygen atoms in total. The predicted molar refractivity (Wildman–Crippen MR) is 81.8 cm³/mol. The third kappa shape index (κ3) is 3.97. The highest BCUT2D eigenvalue weighted by Gasteiger charge is 2.35. The number of halogens is 3. The Morgan fingerprint density at radius 1 is 1.32 bits per heavy atom. The van der Waals surface area contributed by atoms with Crippen molar-refractivity contribution < 1.29 is 18.0 Å². The molecule has 136 valence electrons. The van der Waals surface area contributed by atoms with Gasteiger partial charge >= 0.3 is 6.18 Å². The number of nitrogens with zero attached hydrogens (tertiary/aromatic N) is 7. The Balaban J connectivity index is 1.61. The van der Waals surface area contributed by atoms with Gasteiger partial charge in [0.25, 0.3) is 0 Å². The van der Waals surface area contributed by atoms with E-state index in [0.717, 1.165) is 4.90 Å². The monoisotopic (exact) mass is 357 g/mol. The fraction of sp³-hybridized carbons (Fsp3) is 0.643. The molecule has 0 bridgehead atoms. The van der Waals surface area contributed by atoms with Crippen molar-refractivity contribution in [2.75, 3.05) is 31.1 Å². The molecule has 0 aliphatic carbocycles. The Labute approximate surface area is 141 Å². The molecule has 0 radical (unpaired) electrons. The molecule has 1 aliphatic rings. The number of piperidine rings is 1. The van der Waals surface area contributed by atoms with Gasteiger partial charge in [0.05, 0.1) is 0 Å². The van der Waals surface area contributed by atoms with E-state index in [-0.39, 0.29) is 6.54 Å². The van der Waals surface area contributed by atoms with E-state index in [9.17, 15) is 18.0 Å². The van der Waals surface area contributed by atoms with Crippen molar-refractivity contribution in [3.8, 4) is 0 Å². The summed E-state index contributed by atoms with van der Waals surface area (Å²) >= 11 is 0. The maximum Gasteiger partial charge on any atom is 0.406 e. The fourth-order valence-corrected chi connectivity index (χ4v) is 2.98. The number of anilines is 1. The van der Waals surface area contributed by atoms with Crippen LogP contribution < -0.4 is 4.90 Å². The van der Waals surface area contributed by atoms with E-state index in [2.05, 4.69) is 20.6 Å². The smallest absolute Gasteiger partial charge is 0.355 e. The Bertz CT molecular complexity index is 739. The van der Waals surface area contributed by atoms with E-state index in [0.29, 0.717) is 37.4 Å². The average Bonchev–Trinajstić information content (AvgIpc) is 3.06. The number of amides is 1. The van der Waals surface area contributed by atoms with Crippen molar-refractivity contribution >= 4 is 17.4 Å². The molecule has 0 N–H and O–H groups in total. The summed E-state index contributed by atoms with van der Waals surface area (Å²) < 4.78 is 39.0. The van der Waals surface area contributed by atoms with E-state index in [1.54, 1.807) is 19.1 Å². The average molecular weight is 357 g/mol. The lowest BCUT2D eigenvalue weighted by molar-refractivity contribution is -0.163. The van der Waals surface area contributed by atoms with Gasteiger partial charge in [-0.05, 0) is 42.3 Å². The molecule has 1 amide bonds. The van der Waals surface area contributed by atoms with Gasteiger partial charge in [-0.25, -0.2) is 0 Å². The second kappa shape index (κ2) is 6.81. The summed E-state index contributed by atoms with van der Waals surface area (Å²) in [6.07, 6.45) is -3.40. The first-order valence-electron chi connectivity index (χ1n) is 8.03. The third-order valence-corrected chi connectivity index (χ3v) is 4.29. The third-order valence-electron chi connectivity index (χ3n) is 4.29. The summed E-state index contributed by atoms with van der Waals surface area (Å²) in [7, 11) is 0. The van der Waals surface area contributed by atoms with Crippen LogP contribution >= 0.6 is 0 Å². The molecule has 0 unspecified atom stereocenters. The van der Waals surface area contributed by atoms with Gasteiger partial charge in [0.2, 0.25) is 5.91 Å². The summed E-state index contributed by atoms with van der Waals surface area (Å²) in [5.41, 5.74) is 0.527. The van der Waals surface area contributed by atoms with Gasteiger partial charge in [-0.15, -0.1) is 14.8 Å². The number of tetrazole rings is 1. The topological polar surface area (TPSA) is 79.5 Å². The predicted octanol–water partition coefficient (Wildman–Crippen LogP) is 1.15. The molecule has 1 aliphatic heterocycles. The van der Waals surface area contributed by atoms with Gasteiger partial charge in [0.1, 0.15) is 6.54 Å². The van der Waals surface area contributed by atoms with Crippen LogP contribution in [0.15, 0.2) is 12.1 Å². The number of carbonyl (C=O) groups is 1. The van der Waals surface area contributed by atoms with Crippen molar-refractivity contribution in [3.05, 3.63) is 12.1 Å². The number of carbonyl (C=O) groups excluding carboxylic acids is 1. The second-order valence-electron chi connectivity index (χ2n) is 5.95. The van der Waals surface area contributed by atoms with Gasteiger partial charge in [-0.2, -0.15) is 13.2 Å². The maximum absolute atomic E-state index is 12.6. The molecule has 1 saturated heterocycles. The van der Waals surface area contributed by atoms with E-state index < -0.39 is 24.5 Å². The molecule has 2 aromatic heterocycles. The Morgan fingerprint density at radius 3 is 2.68 bits per heavy atom. The lowest BCUT2D eigenvalue weighted by atomic mass is 9.95. The van der Waals surface area contributed by atoms with Gasteiger partial charge in [-0.1, -0.05) is 0 Å². The van der Waals surface area contributed by atoms with Crippen LogP contribution in [0.1, 0.15) is 19.8 Å². The van der Waals surface area contributed by atoms with Crippen LogP contribution in [0, 0.1) is 5.92 Å². The number of hydrogen-bond donors (Lipinski definition) is 0. The molecule has 0 atom stereocenters. The molecule has 1 fully saturated rings. The summed E-state index contributed by atoms with van der Waals surface area (Å²) in [6.45, 7) is 1.50. The minimum absolute atomic E-state index is 0.0517. The van der Waals surface area contributed by atoms with E-state index in [1.165, 1.54) is 4.63 Å². The zero-order valence-corrected chi connectivity index (χ0v) is 13.6. The minimum atomic E-state index is -4.38. The molecule has 25 heavy (non-hydrogen) atoms. The molecular formula is C14H18F3N7O. The van der Waals surface area contributed by atoms with Gasteiger partial charge in [-0.3, -0.25) is 4.79 Å². The van der Waals surface area contributed by atoms with Crippen molar-refractivity contribution in [2.45, 2.75) is 25.9 Å². The van der Waals surface area contributed by atoms with Crippen LogP contribution in [0.4, 0.5) is 19.0 Å². The zero-order chi connectivity index (χ0) is 18.0. The second-order valence-corrected chi connectivity index (χ2v) is 5.95. The molecule has 0 aromatic carbocycles. The van der Waals surface area contributed by atoms with Gasteiger partial charge < -0.3 is 9.80 Å². The molecule has 0 spiro atoms.